The summed E-state index contributed by atoms with van der Waals surface area (Å²) in [4.78, 5) is 14.0. The Morgan fingerprint density at radius 3 is 2.58 bits per heavy atom. The third kappa shape index (κ3) is 6.85. The molecule has 0 spiro atoms. The zero-order valence-corrected chi connectivity index (χ0v) is 7.16. The summed E-state index contributed by atoms with van der Waals surface area (Å²) in [6.07, 6.45) is 0.865. The zero-order chi connectivity index (χ0) is 9.56. The Morgan fingerprint density at radius 1 is 1.58 bits per heavy atom. The van der Waals surface area contributed by atoms with E-state index in [2.05, 4.69) is 4.99 Å². The summed E-state index contributed by atoms with van der Waals surface area (Å²) in [5, 5.41) is 8.41. The van der Waals surface area contributed by atoms with Crippen LogP contribution in [-0.2, 0) is 4.79 Å². The highest BCUT2D eigenvalue weighted by molar-refractivity contribution is 5.75. The number of rotatable bonds is 5. The number of aliphatic carboxylic acids is 1. The van der Waals surface area contributed by atoms with Gasteiger partial charge in [0.2, 0.25) is 0 Å². The fraction of sp³-hybridized carbons (Fsp3) is 0.714. The van der Waals surface area contributed by atoms with E-state index < -0.39 is 5.97 Å². The lowest BCUT2D eigenvalue weighted by molar-refractivity contribution is -0.137. The SMILES string of the molecule is CC(CCN=C(N)N)CC(=O)O. The Hall–Kier alpha value is -1.26. The topological polar surface area (TPSA) is 102 Å². The average molecular weight is 173 g/mol. The minimum atomic E-state index is -0.785. The predicted molar refractivity (Wildman–Crippen MR) is 46.7 cm³/mol. The number of guanidine groups is 1. The Bertz CT molecular complexity index is 175. The van der Waals surface area contributed by atoms with Crippen molar-refractivity contribution in [1.82, 2.24) is 0 Å². The molecule has 0 rings (SSSR count). The first-order valence-electron chi connectivity index (χ1n) is 3.79. The van der Waals surface area contributed by atoms with Crippen molar-refractivity contribution in [1.29, 1.82) is 0 Å². The normalized spacial score (nSPS) is 12.1. The molecule has 0 aromatic heterocycles. The maximum absolute atomic E-state index is 10.2. The Balaban J connectivity index is 3.50. The van der Waals surface area contributed by atoms with Crippen LogP contribution in [0, 0.1) is 5.92 Å². The van der Waals surface area contributed by atoms with Crippen LogP contribution in [0.25, 0.3) is 0 Å². The molecule has 0 aromatic rings. The maximum Gasteiger partial charge on any atom is 0.303 e. The molecule has 1 atom stereocenters. The van der Waals surface area contributed by atoms with E-state index in [0.717, 1.165) is 0 Å². The van der Waals surface area contributed by atoms with Crippen molar-refractivity contribution in [3.05, 3.63) is 0 Å². The zero-order valence-electron chi connectivity index (χ0n) is 7.16. The van der Waals surface area contributed by atoms with Crippen molar-refractivity contribution in [2.24, 2.45) is 22.4 Å². The van der Waals surface area contributed by atoms with Crippen molar-refractivity contribution >= 4 is 11.9 Å². The van der Waals surface area contributed by atoms with Gasteiger partial charge in [0.05, 0.1) is 0 Å². The molecule has 0 fully saturated rings. The van der Waals surface area contributed by atoms with Crippen LogP contribution in [0.3, 0.4) is 0 Å². The fourth-order valence-corrected chi connectivity index (χ4v) is 0.814. The molecular formula is C7H15N3O2. The van der Waals surface area contributed by atoms with E-state index in [4.69, 9.17) is 16.6 Å². The van der Waals surface area contributed by atoms with Crippen LogP contribution in [0.4, 0.5) is 0 Å². The molecule has 0 heterocycles. The molecule has 0 bridgehead atoms. The van der Waals surface area contributed by atoms with E-state index in [-0.39, 0.29) is 18.3 Å². The standard InChI is InChI=1S/C7H15N3O2/c1-5(4-6(11)12)2-3-10-7(8)9/h5H,2-4H2,1H3,(H,11,12)(H4,8,9,10). The van der Waals surface area contributed by atoms with Gasteiger partial charge < -0.3 is 16.6 Å². The van der Waals surface area contributed by atoms with Gasteiger partial charge in [0.1, 0.15) is 0 Å². The molecule has 0 aromatic carbocycles. The minimum Gasteiger partial charge on any atom is -0.481 e. The minimum absolute atomic E-state index is 0.0533. The second-order valence-electron chi connectivity index (χ2n) is 2.80. The summed E-state index contributed by atoms with van der Waals surface area (Å²) in [7, 11) is 0. The van der Waals surface area contributed by atoms with Gasteiger partial charge in [-0.25, -0.2) is 0 Å². The summed E-state index contributed by atoms with van der Waals surface area (Å²) < 4.78 is 0. The number of carboxylic acid groups (broad SMARTS) is 1. The third-order valence-electron chi connectivity index (χ3n) is 1.44. The van der Waals surface area contributed by atoms with Crippen LogP contribution in [0.15, 0.2) is 4.99 Å². The Morgan fingerprint density at radius 2 is 2.17 bits per heavy atom. The molecular weight excluding hydrogens is 158 g/mol. The second kappa shape index (κ2) is 5.40. The summed E-state index contributed by atoms with van der Waals surface area (Å²) in [6.45, 7) is 2.35. The number of aliphatic imine (C=N–C) groups is 1. The molecule has 0 saturated carbocycles. The van der Waals surface area contributed by atoms with Crippen molar-refractivity contribution < 1.29 is 9.90 Å². The summed E-state index contributed by atoms with van der Waals surface area (Å²) in [5.74, 6) is -0.615. The van der Waals surface area contributed by atoms with Crippen LogP contribution >= 0.6 is 0 Å². The quantitative estimate of drug-likeness (QED) is 0.394. The third-order valence-corrected chi connectivity index (χ3v) is 1.44. The largest absolute Gasteiger partial charge is 0.481 e. The highest BCUT2D eigenvalue weighted by Crippen LogP contribution is 2.06. The molecule has 0 aliphatic carbocycles. The van der Waals surface area contributed by atoms with E-state index in [1.54, 1.807) is 0 Å². The van der Waals surface area contributed by atoms with E-state index in [1.807, 2.05) is 6.92 Å². The first-order chi connectivity index (χ1) is 5.52. The molecule has 1 unspecified atom stereocenters. The van der Waals surface area contributed by atoms with Gasteiger partial charge in [-0.15, -0.1) is 0 Å². The van der Waals surface area contributed by atoms with Crippen molar-refractivity contribution in [3.63, 3.8) is 0 Å². The van der Waals surface area contributed by atoms with Crippen molar-refractivity contribution in [2.75, 3.05) is 6.54 Å². The van der Waals surface area contributed by atoms with Crippen LogP contribution in [0.1, 0.15) is 19.8 Å². The van der Waals surface area contributed by atoms with Gasteiger partial charge in [0, 0.05) is 13.0 Å². The number of nitrogens with two attached hydrogens (primary N) is 2. The lowest BCUT2D eigenvalue weighted by Gasteiger charge is -2.04. The molecule has 0 amide bonds. The maximum atomic E-state index is 10.2. The number of carboxylic acids is 1. The van der Waals surface area contributed by atoms with E-state index in [0.29, 0.717) is 13.0 Å². The van der Waals surface area contributed by atoms with Crippen LogP contribution in [-0.4, -0.2) is 23.6 Å². The Kier molecular flexibility index (Phi) is 4.83. The first kappa shape index (κ1) is 10.7. The number of hydrogen-bond acceptors (Lipinski definition) is 2. The van der Waals surface area contributed by atoms with Crippen molar-refractivity contribution in [3.8, 4) is 0 Å². The summed E-state index contributed by atoms with van der Waals surface area (Å²) >= 11 is 0. The van der Waals surface area contributed by atoms with Gasteiger partial charge in [-0.05, 0) is 12.3 Å². The molecule has 0 saturated heterocycles. The molecule has 5 N–H and O–H groups in total. The smallest absolute Gasteiger partial charge is 0.303 e. The van der Waals surface area contributed by atoms with E-state index in [1.165, 1.54) is 0 Å². The molecule has 70 valence electrons. The Labute approximate surface area is 71.5 Å². The van der Waals surface area contributed by atoms with Gasteiger partial charge in [-0.3, -0.25) is 9.79 Å². The van der Waals surface area contributed by atoms with E-state index >= 15 is 0 Å². The van der Waals surface area contributed by atoms with Crippen molar-refractivity contribution in [2.45, 2.75) is 19.8 Å². The molecule has 5 heteroatoms. The van der Waals surface area contributed by atoms with Crippen LogP contribution in [0.5, 0.6) is 0 Å². The molecule has 12 heavy (non-hydrogen) atoms. The molecule has 0 aliphatic rings. The highest BCUT2D eigenvalue weighted by Gasteiger charge is 2.06. The molecule has 0 radical (unpaired) electrons. The molecule has 5 nitrogen and oxygen atoms in total. The van der Waals surface area contributed by atoms with Crippen LogP contribution < -0.4 is 11.5 Å². The van der Waals surface area contributed by atoms with Gasteiger partial charge in [0.25, 0.3) is 0 Å². The van der Waals surface area contributed by atoms with Gasteiger partial charge in [-0.2, -0.15) is 0 Å². The lowest BCUT2D eigenvalue weighted by Crippen LogP contribution is -2.23. The highest BCUT2D eigenvalue weighted by atomic mass is 16.4. The van der Waals surface area contributed by atoms with Gasteiger partial charge in [0.15, 0.2) is 5.96 Å². The number of nitrogens with zero attached hydrogens (tertiary/aromatic N) is 1. The number of hydrogen-bond donors (Lipinski definition) is 3. The fourth-order valence-electron chi connectivity index (χ4n) is 0.814. The monoisotopic (exact) mass is 173 g/mol. The van der Waals surface area contributed by atoms with Gasteiger partial charge in [-0.1, -0.05) is 6.92 Å². The predicted octanol–water partition coefficient (Wildman–Crippen LogP) is -0.239. The summed E-state index contributed by atoms with van der Waals surface area (Å²) in [5.41, 5.74) is 10.2. The van der Waals surface area contributed by atoms with Gasteiger partial charge >= 0.3 is 5.97 Å². The first-order valence-corrected chi connectivity index (χ1v) is 3.79. The number of carbonyl (C=O) groups is 1. The van der Waals surface area contributed by atoms with Crippen LogP contribution in [0.2, 0.25) is 0 Å². The lowest BCUT2D eigenvalue weighted by atomic mass is 10.0. The molecule has 0 aliphatic heterocycles. The summed E-state index contributed by atoms with van der Waals surface area (Å²) in [6, 6.07) is 0. The van der Waals surface area contributed by atoms with E-state index in [9.17, 15) is 4.79 Å². The second-order valence-corrected chi connectivity index (χ2v) is 2.80. The average Bonchev–Trinajstić information content (AvgIpc) is 1.84.